The van der Waals surface area contributed by atoms with Crippen molar-refractivity contribution in [2.24, 2.45) is 11.0 Å². The van der Waals surface area contributed by atoms with Crippen LogP contribution < -0.4 is 5.01 Å². The van der Waals surface area contributed by atoms with Crippen molar-refractivity contribution in [3.63, 3.8) is 0 Å². The van der Waals surface area contributed by atoms with Crippen molar-refractivity contribution in [1.82, 2.24) is 0 Å². The van der Waals surface area contributed by atoms with E-state index >= 15 is 0 Å². The second-order valence-corrected chi connectivity index (χ2v) is 7.93. The Morgan fingerprint density at radius 1 is 1.17 bits per heavy atom. The van der Waals surface area contributed by atoms with E-state index in [1.54, 1.807) is 12.1 Å². The summed E-state index contributed by atoms with van der Waals surface area (Å²) in [6.07, 6.45) is 7.60. The number of aromatic carboxylic acids is 1. The highest BCUT2D eigenvalue weighted by Gasteiger charge is 2.43. The summed E-state index contributed by atoms with van der Waals surface area (Å²) in [5, 5.41) is 25.6. The van der Waals surface area contributed by atoms with Gasteiger partial charge in [-0.05, 0) is 79.6 Å². The van der Waals surface area contributed by atoms with E-state index in [0.717, 1.165) is 48.2 Å². The van der Waals surface area contributed by atoms with Crippen molar-refractivity contribution in [3.05, 3.63) is 76.4 Å². The number of hydrazone groups is 1. The van der Waals surface area contributed by atoms with Crippen LogP contribution in [0.1, 0.15) is 52.7 Å². The van der Waals surface area contributed by atoms with Crippen LogP contribution in [0.4, 0.5) is 5.69 Å². The fraction of sp³-hybridized carbons (Fsp3) is 0.292. The van der Waals surface area contributed by atoms with E-state index in [4.69, 9.17) is 10.4 Å². The lowest BCUT2D eigenvalue weighted by Gasteiger charge is -2.31. The lowest BCUT2D eigenvalue weighted by molar-refractivity contribution is 0.0696. The summed E-state index contributed by atoms with van der Waals surface area (Å²) >= 11 is 0. The number of aryl methyl sites for hydroxylation is 1. The molecule has 0 fully saturated rings. The maximum atomic E-state index is 11.4. The molecule has 2 unspecified atom stereocenters. The number of rotatable bonds is 3. The van der Waals surface area contributed by atoms with Crippen LogP contribution in [0.2, 0.25) is 0 Å². The largest absolute Gasteiger partial charge is 0.478 e. The van der Waals surface area contributed by atoms with E-state index in [1.807, 2.05) is 30.3 Å². The Kier molecular flexibility index (Phi) is 4.21. The van der Waals surface area contributed by atoms with Gasteiger partial charge in [-0.1, -0.05) is 12.1 Å². The second-order valence-electron chi connectivity index (χ2n) is 7.93. The van der Waals surface area contributed by atoms with Crippen LogP contribution in [0.5, 0.6) is 0 Å². The standard InChI is InChI=1S/C24H21N3O2/c25-14-15-5-9-19(10-6-15)27-23(16-3-1-2-4-16)21-12-7-17-13-18(24(28)29)8-11-20(17)22(21)26-27/h3,5-6,8-11,13,21,23H,1-2,4,7,12H2,(H,28,29). The monoisotopic (exact) mass is 383 g/mol. The average molecular weight is 383 g/mol. The van der Waals surface area contributed by atoms with Crippen molar-refractivity contribution >= 4 is 17.4 Å². The molecule has 2 aromatic rings. The number of benzene rings is 2. The first-order valence-corrected chi connectivity index (χ1v) is 10.1. The number of carboxylic acids is 1. The molecule has 144 valence electrons. The van der Waals surface area contributed by atoms with Gasteiger partial charge in [0.05, 0.1) is 34.6 Å². The van der Waals surface area contributed by atoms with E-state index in [-0.39, 0.29) is 6.04 Å². The van der Waals surface area contributed by atoms with E-state index in [1.165, 1.54) is 12.0 Å². The van der Waals surface area contributed by atoms with Crippen molar-refractivity contribution < 1.29 is 9.90 Å². The van der Waals surface area contributed by atoms with E-state index in [0.29, 0.717) is 17.0 Å². The molecule has 0 radical (unpaired) electrons. The summed E-state index contributed by atoms with van der Waals surface area (Å²) in [6.45, 7) is 0. The predicted molar refractivity (Wildman–Crippen MR) is 111 cm³/mol. The predicted octanol–water partition coefficient (Wildman–Crippen LogP) is 4.52. The van der Waals surface area contributed by atoms with E-state index in [2.05, 4.69) is 17.2 Å². The second kappa shape index (κ2) is 6.89. The zero-order valence-corrected chi connectivity index (χ0v) is 16.0. The lowest BCUT2D eigenvalue weighted by Crippen LogP contribution is -2.37. The third-order valence-corrected chi connectivity index (χ3v) is 6.28. The Labute approximate surface area is 169 Å². The molecule has 5 rings (SSSR count). The Morgan fingerprint density at radius 2 is 2.00 bits per heavy atom. The van der Waals surface area contributed by atoms with Crippen LogP contribution in [0.15, 0.2) is 59.2 Å². The summed E-state index contributed by atoms with van der Waals surface area (Å²) in [5.41, 5.74) is 6.62. The number of carbonyl (C=O) groups is 1. The Hall–Kier alpha value is -3.39. The molecule has 0 amide bonds. The van der Waals surface area contributed by atoms with Crippen LogP contribution in [-0.4, -0.2) is 22.8 Å². The Balaban J connectivity index is 1.59. The molecule has 1 aliphatic heterocycles. The van der Waals surface area contributed by atoms with Crippen LogP contribution >= 0.6 is 0 Å². The molecule has 0 spiro atoms. The third-order valence-electron chi connectivity index (χ3n) is 6.28. The number of hydrogen-bond acceptors (Lipinski definition) is 4. The van der Waals surface area contributed by atoms with Gasteiger partial charge in [-0.15, -0.1) is 0 Å². The highest BCUT2D eigenvalue weighted by molar-refractivity contribution is 6.08. The van der Waals surface area contributed by atoms with Gasteiger partial charge in [-0.2, -0.15) is 10.4 Å². The number of carboxylic acid groups (broad SMARTS) is 1. The minimum Gasteiger partial charge on any atom is -0.478 e. The van der Waals surface area contributed by atoms with Crippen LogP contribution in [0.3, 0.4) is 0 Å². The summed E-state index contributed by atoms with van der Waals surface area (Å²) in [7, 11) is 0. The molecule has 2 aliphatic carbocycles. The van der Waals surface area contributed by atoms with Crippen molar-refractivity contribution in [3.8, 4) is 6.07 Å². The molecule has 1 N–H and O–H groups in total. The fourth-order valence-corrected chi connectivity index (χ4v) is 4.90. The fourth-order valence-electron chi connectivity index (χ4n) is 4.90. The minimum atomic E-state index is -0.892. The molecule has 1 heterocycles. The zero-order chi connectivity index (χ0) is 20.0. The zero-order valence-electron chi connectivity index (χ0n) is 16.0. The number of fused-ring (bicyclic) bond motifs is 3. The molecular weight excluding hydrogens is 362 g/mol. The molecule has 0 saturated carbocycles. The van der Waals surface area contributed by atoms with Crippen molar-refractivity contribution in [2.75, 3.05) is 5.01 Å². The Bertz CT molecular complexity index is 1090. The third kappa shape index (κ3) is 2.92. The van der Waals surface area contributed by atoms with Gasteiger partial charge in [0.2, 0.25) is 0 Å². The molecule has 3 aliphatic rings. The van der Waals surface area contributed by atoms with Gasteiger partial charge in [0.15, 0.2) is 0 Å². The first kappa shape index (κ1) is 17.7. The smallest absolute Gasteiger partial charge is 0.335 e. The number of hydrogen-bond donors (Lipinski definition) is 1. The highest BCUT2D eigenvalue weighted by Crippen LogP contribution is 2.42. The first-order valence-electron chi connectivity index (χ1n) is 10.1. The van der Waals surface area contributed by atoms with Crippen LogP contribution in [-0.2, 0) is 6.42 Å². The summed E-state index contributed by atoms with van der Waals surface area (Å²) in [5.74, 6) is -0.588. The van der Waals surface area contributed by atoms with Gasteiger partial charge in [0.25, 0.3) is 0 Å². The molecule has 5 nitrogen and oxygen atoms in total. The topological polar surface area (TPSA) is 76.7 Å². The van der Waals surface area contributed by atoms with Gasteiger partial charge >= 0.3 is 5.97 Å². The molecule has 5 heteroatoms. The molecule has 0 saturated heterocycles. The molecule has 2 aromatic carbocycles. The van der Waals surface area contributed by atoms with Gasteiger partial charge in [0, 0.05) is 11.5 Å². The molecular formula is C24H21N3O2. The van der Waals surface area contributed by atoms with Gasteiger partial charge in [-0.25, -0.2) is 4.79 Å². The average Bonchev–Trinajstić information content (AvgIpc) is 3.40. The summed E-state index contributed by atoms with van der Waals surface area (Å²) < 4.78 is 0. The van der Waals surface area contributed by atoms with Gasteiger partial charge < -0.3 is 5.11 Å². The normalized spacial score (nSPS) is 22.4. The van der Waals surface area contributed by atoms with Crippen LogP contribution in [0, 0.1) is 17.2 Å². The number of allylic oxidation sites excluding steroid dienone is 1. The molecule has 0 bridgehead atoms. The van der Waals surface area contributed by atoms with Crippen molar-refractivity contribution in [1.29, 1.82) is 5.26 Å². The van der Waals surface area contributed by atoms with Crippen molar-refractivity contribution in [2.45, 2.75) is 38.1 Å². The van der Waals surface area contributed by atoms with E-state index < -0.39 is 5.97 Å². The molecule has 2 atom stereocenters. The highest BCUT2D eigenvalue weighted by atomic mass is 16.4. The van der Waals surface area contributed by atoms with Gasteiger partial charge in [0.1, 0.15) is 0 Å². The van der Waals surface area contributed by atoms with Gasteiger partial charge in [-0.3, -0.25) is 5.01 Å². The van der Waals surface area contributed by atoms with E-state index in [9.17, 15) is 9.90 Å². The minimum absolute atomic E-state index is 0.202. The lowest BCUT2D eigenvalue weighted by atomic mass is 9.76. The summed E-state index contributed by atoms with van der Waals surface area (Å²) in [6, 6.07) is 15.4. The maximum absolute atomic E-state index is 11.4. The van der Waals surface area contributed by atoms with Crippen LogP contribution in [0.25, 0.3) is 0 Å². The number of anilines is 1. The molecule has 29 heavy (non-hydrogen) atoms. The SMILES string of the molecule is N#Cc1ccc(N2N=C3c4ccc(C(=O)O)cc4CCC3C2C2=CCCC2)cc1. The Morgan fingerprint density at radius 3 is 2.69 bits per heavy atom. The molecule has 0 aromatic heterocycles. The number of nitrogens with zero attached hydrogens (tertiary/aromatic N) is 3. The summed E-state index contributed by atoms with van der Waals surface area (Å²) in [4.78, 5) is 11.4. The first-order chi connectivity index (χ1) is 14.2. The maximum Gasteiger partial charge on any atom is 0.335 e. The quantitative estimate of drug-likeness (QED) is 0.791. The number of nitriles is 1.